The van der Waals surface area contributed by atoms with Crippen LogP contribution < -0.4 is 10.9 Å². The van der Waals surface area contributed by atoms with Gasteiger partial charge in [-0.1, -0.05) is 43.5 Å². The number of pyridine rings is 1. The fraction of sp³-hybridized carbons (Fsp3) is 0.292. The monoisotopic (exact) mass is 417 g/mol. The van der Waals surface area contributed by atoms with Gasteiger partial charge in [-0.05, 0) is 30.5 Å². The van der Waals surface area contributed by atoms with Crippen molar-refractivity contribution in [2.24, 2.45) is 7.05 Å². The van der Waals surface area contributed by atoms with Gasteiger partial charge in [-0.25, -0.2) is 0 Å². The highest BCUT2D eigenvalue weighted by molar-refractivity contribution is 6.10. The zero-order valence-corrected chi connectivity index (χ0v) is 17.3. The van der Waals surface area contributed by atoms with Crippen LogP contribution in [0.3, 0.4) is 0 Å². The molecule has 5 rings (SSSR count). The zero-order chi connectivity index (χ0) is 21.5. The summed E-state index contributed by atoms with van der Waals surface area (Å²) >= 11 is 0. The largest absolute Gasteiger partial charge is 0.439 e. The molecule has 1 aliphatic rings. The minimum atomic E-state index is -0.423. The first-order chi connectivity index (χ1) is 15.0. The van der Waals surface area contributed by atoms with Gasteiger partial charge in [0.1, 0.15) is 0 Å². The van der Waals surface area contributed by atoms with E-state index < -0.39 is 4.92 Å². The zero-order valence-electron chi connectivity index (χ0n) is 17.3. The van der Waals surface area contributed by atoms with Gasteiger partial charge in [0.15, 0.2) is 5.58 Å². The number of benzene rings is 2. The van der Waals surface area contributed by atoms with Crippen LogP contribution in [0.5, 0.6) is 0 Å². The maximum absolute atomic E-state index is 13.4. The summed E-state index contributed by atoms with van der Waals surface area (Å²) in [6.07, 6.45) is 5.58. The number of anilines is 1. The van der Waals surface area contributed by atoms with Gasteiger partial charge in [-0.15, -0.1) is 0 Å². The number of nitro benzene ring substituents is 1. The molecular weight excluding hydrogens is 394 g/mol. The maximum atomic E-state index is 13.4. The van der Waals surface area contributed by atoms with Crippen molar-refractivity contribution in [1.82, 2.24) is 4.57 Å². The molecule has 1 N–H and O–H groups in total. The van der Waals surface area contributed by atoms with Gasteiger partial charge in [-0.3, -0.25) is 14.9 Å². The van der Waals surface area contributed by atoms with Crippen LogP contribution in [-0.4, -0.2) is 15.5 Å². The van der Waals surface area contributed by atoms with Crippen molar-refractivity contribution in [3.63, 3.8) is 0 Å². The van der Waals surface area contributed by atoms with E-state index in [4.69, 9.17) is 4.42 Å². The number of non-ortho nitro benzene ring substituents is 1. The first-order valence-electron chi connectivity index (χ1n) is 10.6. The lowest BCUT2D eigenvalue weighted by Gasteiger charge is -2.23. The number of furan rings is 1. The van der Waals surface area contributed by atoms with E-state index in [1.54, 1.807) is 23.7 Å². The van der Waals surface area contributed by atoms with Gasteiger partial charge in [0, 0.05) is 30.6 Å². The van der Waals surface area contributed by atoms with E-state index in [2.05, 4.69) is 5.32 Å². The van der Waals surface area contributed by atoms with Crippen LogP contribution in [0.15, 0.2) is 57.7 Å². The Bertz CT molecular complexity index is 1360. The molecular formula is C24H23N3O4. The molecule has 2 aromatic heterocycles. The van der Waals surface area contributed by atoms with Crippen LogP contribution in [0.25, 0.3) is 33.0 Å². The Labute approximate surface area is 178 Å². The number of nitrogens with zero attached hydrogens (tertiary/aromatic N) is 2. The highest BCUT2D eigenvalue weighted by atomic mass is 16.6. The maximum Gasteiger partial charge on any atom is 0.270 e. The first kappa shape index (κ1) is 19.4. The summed E-state index contributed by atoms with van der Waals surface area (Å²) in [5.41, 5.74) is 2.28. The van der Waals surface area contributed by atoms with Gasteiger partial charge < -0.3 is 14.3 Å². The average molecular weight is 417 g/mol. The Morgan fingerprint density at radius 1 is 1.10 bits per heavy atom. The SMILES string of the molecule is Cn1c(=O)c2c(-c3cccc([N+](=O)[O-])c3)c(NC3CCCCC3)oc2c2ccccc21. The fourth-order valence-electron chi connectivity index (χ4n) is 4.64. The number of hydrogen-bond donors (Lipinski definition) is 1. The number of nitrogens with one attached hydrogen (secondary N) is 1. The lowest BCUT2D eigenvalue weighted by molar-refractivity contribution is -0.384. The van der Waals surface area contributed by atoms with Crippen molar-refractivity contribution >= 4 is 33.4 Å². The number of aromatic nitrogens is 1. The minimum absolute atomic E-state index is 0.0203. The highest BCUT2D eigenvalue weighted by Crippen LogP contribution is 2.41. The highest BCUT2D eigenvalue weighted by Gasteiger charge is 2.25. The lowest BCUT2D eigenvalue weighted by atomic mass is 9.95. The van der Waals surface area contributed by atoms with Crippen LogP contribution in [0, 0.1) is 10.1 Å². The smallest absolute Gasteiger partial charge is 0.270 e. The molecule has 31 heavy (non-hydrogen) atoms. The van der Waals surface area contributed by atoms with Gasteiger partial charge in [-0.2, -0.15) is 0 Å². The van der Waals surface area contributed by atoms with Crippen molar-refractivity contribution in [3.8, 4) is 11.1 Å². The van der Waals surface area contributed by atoms with Crippen molar-refractivity contribution in [1.29, 1.82) is 0 Å². The molecule has 0 radical (unpaired) electrons. The standard InChI is InChI=1S/C24H23N3O4/c1-26-19-13-6-5-12-18(19)22-21(24(26)28)20(15-8-7-11-17(14-15)27(29)30)23(31-22)25-16-9-3-2-4-10-16/h5-8,11-14,16,25H,2-4,9-10H2,1H3. The summed E-state index contributed by atoms with van der Waals surface area (Å²) in [6.45, 7) is 0. The van der Waals surface area contributed by atoms with E-state index in [-0.39, 0.29) is 17.3 Å². The van der Waals surface area contributed by atoms with E-state index >= 15 is 0 Å². The Morgan fingerprint density at radius 2 is 1.87 bits per heavy atom. The number of rotatable bonds is 4. The quantitative estimate of drug-likeness (QED) is 0.344. The molecule has 4 aromatic rings. The van der Waals surface area contributed by atoms with Crippen molar-refractivity contribution in [2.75, 3.05) is 5.32 Å². The summed E-state index contributed by atoms with van der Waals surface area (Å²) < 4.78 is 7.92. The third-order valence-electron chi connectivity index (χ3n) is 6.22. The number of fused-ring (bicyclic) bond motifs is 3. The van der Waals surface area contributed by atoms with Crippen LogP contribution in [0.4, 0.5) is 11.6 Å². The molecule has 158 valence electrons. The molecule has 1 fully saturated rings. The van der Waals surface area contributed by atoms with E-state index in [0.717, 1.165) is 36.6 Å². The number of nitro groups is 1. The lowest BCUT2D eigenvalue weighted by Crippen LogP contribution is -2.22. The molecule has 0 amide bonds. The summed E-state index contributed by atoms with van der Waals surface area (Å²) in [4.78, 5) is 24.4. The summed E-state index contributed by atoms with van der Waals surface area (Å²) in [5.74, 6) is 0.510. The molecule has 0 aliphatic heterocycles. The molecule has 0 saturated heterocycles. The molecule has 0 spiro atoms. The number of para-hydroxylation sites is 1. The molecule has 2 aromatic carbocycles. The van der Waals surface area contributed by atoms with E-state index in [1.807, 2.05) is 24.3 Å². The molecule has 7 nitrogen and oxygen atoms in total. The van der Waals surface area contributed by atoms with Crippen molar-refractivity contribution in [3.05, 3.63) is 69.0 Å². The summed E-state index contributed by atoms with van der Waals surface area (Å²) in [5, 5.41) is 16.2. The molecule has 2 heterocycles. The summed E-state index contributed by atoms with van der Waals surface area (Å²) in [6, 6.07) is 14.3. The molecule has 0 bridgehead atoms. The van der Waals surface area contributed by atoms with Gasteiger partial charge in [0.2, 0.25) is 5.88 Å². The predicted molar refractivity (Wildman–Crippen MR) is 122 cm³/mol. The molecule has 1 saturated carbocycles. The fourth-order valence-corrected chi connectivity index (χ4v) is 4.64. The molecule has 0 atom stereocenters. The van der Waals surface area contributed by atoms with E-state index in [0.29, 0.717) is 28.0 Å². The minimum Gasteiger partial charge on any atom is -0.439 e. The Hall–Kier alpha value is -3.61. The van der Waals surface area contributed by atoms with Gasteiger partial charge in [0.25, 0.3) is 11.2 Å². The average Bonchev–Trinajstić information content (AvgIpc) is 3.17. The topological polar surface area (TPSA) is 90.3 Å². The second-order valence-corrected chi connectivity index (χ2v) is 8.18. The molecule has 1 aliphatic carbocycles. The Morgan fingerprint density at radius 3 is 2.65 bits per heavy atom. The summed E-state index contributed by atoms with van der Waals surface area (Å²) in [7, 11) is 1.74. The van der Waals surface area contributed by atoms with Crippen molar-refractivity contribution in [2.45, 2.75) is 38.1 Å². The van der Waals surface area contributed by atoms with Crippen LogP contribution in [-0.2, 0) is 7.05 Å². The Balaban J connectivity index is 1.82. The number of hydrogen-bond acceptors (Lipinski definition) is 5. The van der Waals surface area contributed by atoms with Crippen LogP contribution in [0.2, 0.25) is 0 Å². The first-order valence-corrected chi connectivity index (χ1v) is 10.6. The van der Waals surface area contributed by atoms with Crippen LogP contribution >= 0.6 is 0 Å². The van der Waals surface area contributed by atoms with Crippen LogP contribution in [0.1, 0.15) is 32.1 Å². The van der Waals surface area contributed by atoms with Gasteiger partial charge in [0.05, 0.1) is 21.4 Å². The third kappa shape index (κ3) is 3.26. The normalized spacial score (nSPS) is 14.9. The second-order valence-electron chi connectivity index (χ2n) is 8.18. The molecule has 0 unspecified atom stereocenters. The Kier molecular flexibility index (Phi) is 4.73. The number of aryl methyl sites for hydroxylation is 1. The van der Waals surface area contributed by atoms with Gasteiger partial charge >= 0.3 is 0 Å². The third-order valence-corrected chi connectivity index (χ3v) is 6.22. The van der Waals surface area contributed by atoms with E-state index in [1.165, 1.54) is 18.6 Å². The van der Waals surface area contributed by atoms with E-state index in [9.17, 15) is 14.9 Å². The molecule has 7 heteroatoms. The van der Waals surface area contributed by atoms with Crippen molar-refractivity contribution < 1.29 is 9.34 Å². The second kappa shape index (κ2) is 7.58. The predicted octanol–water partition coefficient (Wildman–Crippen LogP) is 5.60.